The van der Waals surface area contributed by atoms with E-state index in [0.29, 0.717) is 67.2 Å². The molecule has 3 aromatic carbocycles. The van der Waals surface area contributed by atoms with Gasteiger partial charge < -0.3 is 61.4 Å². The second-order valence-electron chi connectivity index (χ2n) is 23.6. The summed E-state index contributed by atoms with van der Waals surface area (Å²) in [5, 5.41) is 23.2. The van der Waals surface area contributed by atoms with Gasteiger partial charge in [-0.1, -0.05) is 75.5 Å². The van der Waals surface area contributed by atoms with Crippen LogP contribution in [0.1, 0.15) is 148 Å². The number of nitrogens with zero attached hydrogens (tertiary/aromatic N) is 3. The number of nitrogens with two attached hydrogens (primary N) is 1. The topological polar surface area (TPSA) is 333 Å². The van der Waals surface area contributed by atoms with E-state index in [1.807, 2.05) is 71.9 Å². The van der Waals surface area contributed by atoms with Crippen LogP contribution in [0.3, 0.4) is 0 Å². The first-order valence-corrected chi connectivity index (χ1v) is 31.5. The van der Waals surface area contributed by atoms with E-state index in [1.54, 1.807) is 27.8 Å². The molecule has 0 saturated carbocycles. The SMILES string of the molecule is Cc1cc(CCCC(=O)N[C@H](C(=O)N2C[C@H](O)C[C@H]2C(=O)N[C@@H](C)c2ccc(-c3scnc3C)cc2)C(C)(C)C)c(Cl)c(OCC(CCC(N)=O)NC(=O)[C@@H]2CC[C@@H]3CCCC[C@H](NC(=O)c4cc5cc(C(=O)P(=O)(O)O)ccc5[nH]4)C(=O)N32)c1. The van der Waals surface area contributed by atoms with Gasteiger partial charge in [0.25, 0.3) is 11.4 Å². The highest BCUT2D eigenvalue weighted by Crippen LogP contribution is 2.40. The van der Waals surface area contributed by atoms with Crippen LogP contribution in [0.15, 0.2) is 66.2 Å². The molecular formula is C60H75ClN9O13PS. The third-order valence-corrected chi connectivity index (χ3v) is 18.2. The summed E-state index contributed by atoms with van der Waals surface area (Å²) in [6, 6.07) is 11.4. The van der Waals surface area contributed by atoms with Crippen LogP contribution in [0.4, 0.5) is 0 Å². The zero-order chi connectivity index (χ0) is 61.7. The first-order valence-electron chi connectivity index (χ1n) is 28.6. The summed E-state index contributed by atoms with van der Waals surface area (Å²) in [4.78, 5) is 139. The number of β-amino-alcohol motifs (C(OH)–C–C–N with tert-alkyl or cyclic N) is 1. The first kappa shape index (κ1) is 64.0. The number of thiazole rings is 1. The number of fused-ring (bicyclic) bond motifs is 2. The highest BCUT2D eigenvalue weighted by Gasteiger charge is 2.46. The van der Waals surface area contributed by atoms with Crippen molar-refractivity contribution in [1.29, 1.82) is 0 Å². The molecule has 0 aliphatic carbocycles. The summed E-state index contributed by atoms with van der Waals surface area (Å²) in [6.45, 7) is 10.9. The van der Waals surface area contributed by atoms with Gasteiger partial charge in [-0.25, -0.2) is 4.98 Å². The van der Waals surface area contributed by atoms with Gasteiger partial charge in [0.2, 0.25) is 35.4 Å². The number of H-pyrrole nitrogens is 1. The number of aromatic amines is 1. The summed E-state index contributed by atoms with van der Waals surface area (Å²) in [5.41, 5.74) is 9.74. The summed E-state index contributed by atoms with van der Waals surface area (Å²) < 4.78 is 17.9. The molecule has 3 fully saturated rings. The van der Waals surface area contributed by atoms with Crippen LogP contribution >= 0.6 is 30.5 Å². The first-order chi connectivity index (χ1) is 40.2. The summed E-state index contributed by atoms with van der Waals surface area (Å²) in [5.74, 6) is -3.15. The standard InChI is InChI=1S/C60H75ClN9O13PS/c1-32-24-37(10-9-13-50(73)68-53(60(4,5)6)58(78)69-29-42(71)28-47(69)56(76)64-33(2)35-14-16-36(17-15-35)52-34(3)63-31-85-52)51(61)48(25-32)83-30-40(19-23-49(62)72)65-55(75)46-22-20-41-11-7-8-12-44(57(77)70(41)46)67-54(74)45-27-39-26-38(18-21-43(39)66-45)59(79)84(80,81)82/h14-18,21,24-27,31,33,40-42,44,46-47,53,66,71H,7-13,19-20,22-23,28-30H2,1-6H3,(H2,62,72)(H,64,76)(H,65,75)(H,67,74)(H,68,73)(H2,80,81,82)/t33-,40?,41-,42+,44-,46-,47-,53+/m0/s1. The number of hydrogen-bond donors (Lipinski definition) is 9. The number of aromatic nitrogens is 2. The van der Waals surface area contributed by atoms with Crippen LogP contribution in [0.2, 0.25) is 5.02 Å². The largest absolute Gasteiger partial charge is 0.490 e. The lowest BCUT2D eigenvalue weighted by Crippen LogP contribution is -2.57. The molecule has 8 rings (SSSR count). The summed E-state index contributed by atoms with van der Waals surface area (Å²) in [6.07, 6.45) is 2.99. The second-order valence-corrected chi connectivity index (χ2v) is 26.4. The lowest BCUT2D eigenvalue weighted by molar-refractivity contribution is -0.144. The lowest BCUT2D eigenvalue weighted by atomic mass is 9.85. The van der Waals surface area contributed by atoms with E-state index in [9.17, 15) is 57.8 Å². The number of primary amides is 1. The van der Waals surface area contributed by atoms with Crippen molar-refractivity contribution in [2.24, 2.45) is 11.1 Å². The monoisotopic (exact) mass is 1230 g/mol. The van der Waals surface area contributed by atoms with Gasteiger partial charge in [-0.15, -0.1) is 11.3 Å². The fourth-order valence-electron chi connectivity index (χ4n) is 11.5. The Morgan fingerprint density at radius 2 is 1.64 bits per heavy atom. The lowest BCUT2D eigenvalue weighted by Gasteiger charge is -2.35. The average Bonchev–Trinajstić information content (AvgIpc) is 4.49. The number of nitrogens with one attached hydrogen (secondary N) is 5. The highest BCUT2D eigenvalue weighted by molar-refractivity contribution is 7.70. The van der Waals surface area contributed by atoms with Gasteiger partial charge in [-0.05, 0) is 124 Å². The molecule has 85 heavy (non-hydrogen) atoms. The molecule has 5 aromatic rings. The Balaban J connectivity index is 0.863. The molecule has 0 bridgehead atoms. The molecule has 10 N–H and O–H groups in total. The van der Waals surface area contributed by atoms with E-state index in [1.165, 1.54) is 29.2 Å². The van der Waals surface area contributed by atoms with Crippen molar-refractivity contribution >= 4 is 88.3 Å². The van der Waals surface area contributed by atoms with E-state index in [0.717, 1.165) is 33.7 Å². The Morgan fingerprint density at radius 3 is 2.32 bits per heavy atom. The van der Waals surface area contributed by atoms with Crippen molar-refractivity contribution in [1.82, 2.24) is 41.0 Å². The minimum atomic E-state index is -5.05. The van der Waals surface area contributed by atoms with Crippen molar-refractivity contribution < 1.29 is 62.6 Å². The van der Waals surface area contributed by atoms with Crippen molar-refractivity contribution in [3.8, 4) is 16.2 Å². The number of amides is 7. The van der Waals surface area contributed by atoms with E-state index < -0.39 is 102 Å². The molecule has 456 valence electrons. The normalized spacial score (nSPS) is 20.2. The fraction of sp³-hybridized carbons (Fsp3) is 0.483. The van der Waals surface area contributed by atoms with Gasteiger partial charge in [-0.2, -0.15) is 0 Å². The molecule has 3 aliphatic heterocycles. The number of aryl methyl sites for hydroxylation is 3. The zero-order valence-corrected chi connectivity index (χ0v) is 50.9. The maximum Gasteiger partial charge on any atom is 0.396 e. The number of carbonyl (C=O) groups is 8. The number of aliphatic hydroxyl groups excluding tert-OH is 1. The van der Waals surface area contributed by atoms with Crippen molar-refractivity contribution in [2.75, 3.05) is 13.2 Å². The maximum absolute atomic E-state index is 14.4. The zero-order valence-electron chi connectivity index (χ0n) is 48.4. The van der Waals surface area contributed by atoms with Crippen molar-refractivity contribution in [3.63, 3.8) is 0 Å². The number of hydrogen-bond acceptors (Lipinski definition) is 13. The molecule has 7 amide bonds. The Hall–Kier alpha value is -7.01. The molecule has 8 atom stereocenters. The van der Waals surface area contributed by atoms with Gasteiger partial charge in [-0.3, -0.25) is 42.9 Å². The molecular weight excluding hydrogens is 1150 g/mol. The molecule has 0 spiro atoms. The molecule has 22 nitrogen and oxygen atoms in total. The number of benzene rings is 3. The highest BCUT2D eigenvalue weighted by atomic mass is 35.5. The molecule has 3 aliphatic rings. The second kappa shape index (κ2) is 27.1. The minimum Gasteiger partial charge on any atom is -0.490 e. The molecule has 3 saturated heterocycles. The average molecular weight is 1230 g/mol. The molecule has 5 heterocycles. The van der Waals surface area contributed by atoms with E-state index in [-0.39, 0.29) is 61.2 Å². The summed E-state index contributed by atoms with van der Waals surface area (Å²) in [7, 11) is -5.05. The summed E-state index contributed by atoms with van der Waals surface area (Å²) >= 11 is 8.53. The van der Waals surface area contributed by atoms with Crippen LogP contribution in [-0.4, -0.2) is 137 Å². The molecule has 0 radical (unpaired) electrons. The maximum atomic E-state index is 14.4. The van der Waals surface area contributed by atoms with E-state index >= 15 is 0 Å². The number of ether oxygens (including phenoxy) is 1. The molecule has 1 unspecified atom stereocenters. The van der Waals surface area contributed by atoms with Crippen LogP contribution in [0.25, 0.3) is 21.3 Å². The fourth-order valence-corrected chi connectivity index (χ4v) is 13.0. The number of halogens is 1. The predicted octanol–water partition coefficient (Wildman–Crippen LogP) is 6.43. The number of aliphatic hydroxyl groups is 1. The Morgan fingerprint density at radius 1 is 0.918 bits per heavy atom. The van der Waals surface area contributed by atoms with Gasteiger partial charge in [0, 0.05) is 48.3 Å². The van der Waals surface area contributed by atoms with Gasteiger partial charge in [0.1, 0.15) is 42.2 Å². The van der Waals surface area contributed by atoms with E-state index in [4.69, 9.17) is 22.1 Å². The minimum absolute atomic E-state index is 0.0162. The van der Waals surface area contributed by atoms with Crippen LogP contribution in [0, 0.1) is 19.3 Å². The Bertz CT molecular complexity index is 3400. The predicted molar refractivity (Wildman–Crippen MR) is 319 cm³/mol. The molecule has 2 aromatic heterocycles. The van der Waals surface area contributed by atoms with Gasteiger partial charge in [0.15, 0.2) is 0 Å². The Labute approximate surface area is 501 Å². The third kappa shape index (κ3) is 15.7. The molecule has 25 heteroatoms. The third-order valence-electron chi connectivity index (χ3n) is 16.0. The van der Waals surface area contributed by atoms with Gasteiger partial charge >= 0.3 is 7.60 Å². The van der Waals surface area contributed by atoms with Crippen LogP contribution in [0.5, 0.6) is 5.75 Å². The number of likely N-dealkylation sites (tertiary alicyclic amines) is 1. The number of carbonyl (C=O) groups excluding carboxylic acids is 8. The van der Waals surface area contributed by atoms with E-state index in [2.05, 4.69) is 31.2 Å². The smallest absolute Gasteiger partial charge is 0.396 e. The van der Waals surface area contributed by atoms with Crippen molar-refractivity contribution in [3.05, 3.63) is 105 Å². The van der Waals surface area contributed by atoms with Gasteiger partial charge in [0.05, 0.1) is 39.3 Å². The quantitative estimate of drug-likeness (QED) is 0.0337. The Kier molecular flexibility index (Phi) is 20.4. The number of rotatable bonds is 22. The van der Waals surface area contributed by atoms with Crippen molar-refractivity contribution in [2.45, 2.75) is 167 Å². The van der Waals surface area contributed by atoms with Crippen LogP contribution < -0.4 is 31.7 Å². The van der Waals surface area contributed by atoms with Crippen LogP contribution in [-0.2, 0) is 39.8 Å².